The van der Waals surface area contributed by atoms with Gasteiger partial charge in [-0.2, -0.15) is 0 Å². The van der Waals surface area contributed by atoms with Crippen LogP contribution < -0.4 is 5.32 Å². The first kappa shape index (κ1) is 6.65. The maximum atomic E-state index is 4.16. The molecular formula is C9H8N4. The zero-order valence-corrected chi connectivity index (χ0v) is 6.91. The molecule has 1 aliphatic rings. The maximum absolute atomic E-state index is 4.16. The van der Waals surface area contributed by atoms with Gasteiger partial charge in [-0.3, -0.25) is 0 Å². The number of H-pyrrole nitrogens is 1. The van der Waals surface area contributed by atoms with Crippen LogP contribution in [0.15, 0.2) is 24.8 Å². The van der Waals surface area contributed by atoms with Crippen LogP contribution in [-0.2, 0) is 6.54 Å². The van der Waals surface area contributed by atoms with Crippen LogP contribution in [0, 0.1) is 0 Å². The molecule has 0 radical (unpaired) electrons. The van der Waals surface area contributed by atoms with Gasteiger partial charge in [0.15, 0.2) is 0 Å². The van der Waals surface area contributed by atoms with Gasteiger partial charge in [0.25, 0.3) is 0 Å². The van der Waals surface area contributed by atoms with E-state index in [0.717, 1.165) is 17.9 Å². The Labute approximate surface area is 75.0 Å². The lowest BCUT2D eigenvalue weighted by Crippen LogP contribution is -2.09. The Morgan fingerprint density at radius 3 is 3.31 bits per heavy atom. The number of hydrogen-bond donors (Lipinski definition) is 2. The highest BCUT2D eigenvalue weighted by Gasteiger charge is 2.16. The van der Waals surface area contributed by atoms with Gasteiger partial charge in [-0.25, -0.2) is 9.97 Å². The highest BCUT2D eigenvalue weighted by molar-refractivity contribution is 5.78. The molecule has 0 amide bonds. The van der Waals surface area contributed by atoms with Crippen LogP contribution in [0.2, 0.25) is 0 Å². The SMILES string of the molecule is c1ncc2c(n1)NCc1[nH]ccc1-2. The maximum Gasteiger partial charge on any atom is 0.137 e. The van der Waals surface area contributed by atoms with Crippen LogP contribution >= 0.6 is 0 Å². The molecule has 0 saturated carbocycles. The standard InChI is InChI=1S/C9H8N4/c1-2-11-8-4-12-9-7(6(1)8)3-10-5-13-9/h1-3,5,11H,4H2,(H,10,12,13). The molecule has 3 heterocycles. The fraction of sp³-hybridized carbons (Fsp3) is 0.111. The molecule has 0 unspecified atom stereocenters. The summed E-state index contributed by atoms with van der Waals surface area (Å²) in [5.41, 5.74) is 3.47. The van der Waals surface area contributed by atoms with Gasteiger partial charge in [-0.1, -0.05) is 0 Å². The second-order valence-corrected chi connectivity index (χ2v) is 3.01. The first-order chi connectivity index (χ1) is 6.45. The lowest BCUT2D eigenvalue weighted by molar-refractivity contribution is 1.02. The quantitative estimate of drug-likeness (QED) is 0.631. The molecule has 1 aliphatic heterocycles. The Balaban J connectivity index is 2.30. The fourth-order valence-corrected chi connectivity index (χ4v) is 1.64. The molecule has 64 valence electrons. The minimum atomic E-state index is 0.812. The molecule has 4 nitrogen and oxygen atoms in total. The zero-order chi connectivity index (χ0) is 8.67. The van der Waals surface area contributed by atoms with Gasteiger partial charge >= 0.3 is 0 Å². The van der Waals surface area contributed by atoms with E-state index in [1.807, 2.05) is 12.4 Å². The van der Waals surface area contributed by atoms with Crippen LogP contribution in [0.4, 0.5) is 5.82 Å². The summed E-state index contributed by atoms with van der Waals surface area (Å²) in [4.78, 5) is 11.4. The third-order valence-corrected chi connectivity index (χ3v) is 2.27. The van der Waals surface area contributed by atoms with Gasteiger partial charge in [-0.05, 0) is 6.07 Å². The monoisotopic (exact) mass is 172 g/mol. The number of aromatic amines is 1. The number of hydrogen-bond acceptors (Lipinski definition) is 3. The van der Waals surface area contributed by atoms with E-state index >= 15 is 0 Å². The van der Waals surface area contributed by atoms with Gasteiger partial charge in [0, 0.05) is 29.2 Å². The molecule has 0 atom stereocenters. The van der Waals surface area contributed by atoms with Gasteiger partial charge in [-0.15, -0.1) is 0 Å². The van der Waals surface area contributed by atoms with E-state index < -0.39 is 0 Å². The summed E-state index contributed by atoms with van der Waals surface area (Å²) in [6.45, 7) is 0.812. The fourth-order valence-electron chi connectivity index (χ4n) is 1.64. The van der Waals surface area contributed by atoms with Crippen LogP contribution in [0.25, 0.3) is 11.1 Å². The molecule has 0 aliphatic carbocycles. The summed E-state index contributed by atoms with van der Waals surface area (Å²) in [5, 5.41) is 3.22. The van der Waals surface area contributed by atoms with E-state index in [9.17, 15) is 0 Å². The van der Waals surface area contributed by atoms with Crippen molar-refractivity contribution in [3.05, 3.63) is 30.5 Å². The Kier molecular flexibility index (Phi) is 1.19. The predicted octanol–water partition coefficient (Wildman–Crippen LogP) is 1.40. The number of nitrogens with zero attached hydrogens (tertiary/aromatic N) is 2. The lowest BCUT2D eigenvalue weighted by atomic mass is 10.1. The Morgan fingerprint density at radius 1 is 1.31 bits per heavy atom. The van der Waals surface area contributed by atoms with E-state index in [-0.39, 0.29) is 0 Å². The minimum absolute atomic E-state index is 0.812. The van der Waals surface area contributed by atoms with Gasteiger partial charge in [0.05, 0.1) is 6.54 Å². The molecule has 0 saturated heterocycles. The van der Waals surface area contributed by atoms with Crippen molar-refractivity contribution in [1.82, 2.24) is 15.0 Å². The van der Waals surface area contributed by atoms with Crippen molar-refractivity contribution in [2.75, 3.05) is 5.32 Å². The summed E-state index contributed by atoms with van der Waals surface area (Å²) in [7, 11) is 0. The number of aromatic nitrogens is 3. The molecular weight excluding hydrogens is 164 g/mol. The smallest absolute Gasteiger partial charge is 0.137 e. The number of nitrogens with one attached hydrogen (secondary N) is 2. The van der Waals surface area contributed by atoms with Crippen LogP contribution in [0.5, 0.6) is 0 Å². The molecule has 0 fully saturated rings. The van der Waals surface area contributed by atoms with E-state index in [0.29, 0.717) is 0 Å². The highest BCUT2D eigenvalue weighted by Crippen LogP contribution is 2.32. The molecule has 2 N–H and O–H groups in total. The third kappa shape index (κ3) is 0.853. The summed E-state index contributed by atoms with van der Waals surface area (Å²) < 4.78 is 0. The van der Waals surface area contributed by atoms with Crippen molar-refractivity contribution in [1.29, 1.82) is 0 Å². The van der Waals surface area contributed by atoms with E-state index in [1.54, 1.807) is 6.33 Å². The number of fused-ring (bicyclic) bond motifs is 3. The van der Waals surface area contributed by atoms with Gasteiger partial charge in [0.1, 0.15) is 12.1 Å². The van der Waals surface area contributed by atoms with Gasteiger partial charge in [0.2, 0.25) is 0 Å². The van der Waals surface area contributed by atoms with E-state index in [2.05, 4.69) is 26.3 Å². The first-order valence-corrected chi connectivity index (χ1v) is 4.15. The average molecular weight is 172 g/mol. The topological polar surface area (TPSA) is 53.6 Å². The number of anilines is 1. The molecule has 2 aromatic rings. The molecule has 0 bridgehead atoms. The molecule has 2 aromatic heterocycles. The Hall–Kier alpha value is -1.84. The van der Waals surface area contributed by atoms with Crippen molar-refractivity contribution in [3.8, 4) is 11.1 Å². The van der Waals surface area contributed by atoms with Crippen LogP contribution in [0.1, 0.15) is 5.69 Å². The summed E-state index contributed by atoms with van der Waals surface area (Å²) in [6, 6.07) is 2.05. The van der Waals surface area contributed by atoms with E-state index in [1.165, 1.54) is 11.3 Å². The number of rotatable bonds is 0. The minimum Gasteiger partial charge on any atom is -0.364 e. The Bertz CT molecular complexity index is 446. The third-order valence-electron chi connectivity index (χ3n) is 2.27. The van der Waals surface area contributed by atoms with Crippen molar-refractivity contribution in [3.63, 3.8) is 0 Å². The van der Waals surface area contributed by atoms with Crippen molar-refractivity contribution in [2.24, 2.45) is 0 Å². The zero-order valence-electron chi connectivity index (χ0n) is 6.91. The van der Waals surface area contributed by atoms with Crippen molar-refractivity contribution >= 4 is 5.82 Å². The summed E-state index contributed by atoms with van der Waals surface area (Å²) in [5.74, 6) is 0.919. The highest BCUT2D eigenvalue weighted by atomic mass is 15.0. The van der Waals surface area contributed by atoms with Crippen molar-refractivity contribution in [2.45, 2.75) is 6.54 Å². The van der Waals surface area contributed by atoms with Crippen molar-refractivity contribution < 1.29 is 0 Å². The lowest BCUT2D eigenvalue weighted by Gasteiger charge is -2.15. The summed E-state index contributed by atoms with van der Waals surface area (Å²) >= 11 is 0. The largest absolute Gasteiger partial charge is 0.364 e. The average Bonchev–Trinajstić information content (AvgIpc) is 2.65. The molecule has 0 aromatic carbocycles. The molecule has 13 heavy (non-hydrogen) atoms. The second-order valence-electron chi connectivity index (χ2n) is 3.01. The second kappa shape index (κ2) is 2.32. The molecule has 0 spiro atoms. The molecule has 3 rings (SSSR count). The normalized spacial score (nSPS) is 12.9. The first-order valence-electron chi connectivity index (χ1n) is 4.15. The van der Waals surface area contributed by atoms with E-state index in [4.69, 9.17) is 0 Å². The van der Waals surface area contributed by atoms with Gasteiger partial charge < -0.3 is 10.3 Å². The Morgan fingerprint density at radius 2 is 2.31 bits per heavy atom. The summed E-state index contributed by atoms with van der Waals surface area (Å²) in [6.07, 6.45) is 5.33. The van der Waals surface area contributed by atoms with Crippen LogP contribution in [0.3, 0.4) is 0 Å². The van der Waals surface area contributed by atoms with Crippen LogP contribution in [-0.4, -0.2) is 15.0 Å². The molecule has 4 heteroatoms. The predicted molar refractivity (Wildman–Crippen MR) is 49.1 cm³/mol.